The summed E-state index contributed by atoms with van der Waals surface area (Å²) in [5.74, 6) is 0.243. The summed E-state index contributed by atoms with van der Waals surface area (Å²) >= 11 is 1.76. The van der Waals surface area contributed by atoms with Crippen molar-refractivity contribution in [1.29, 1.82) is 0 Å². The van der Waals surface area contributed by atoms with E-state index in [1.807, 2.05) is 0 Å². The number of hydrogen-bond acceptors (Lipinski definition) is 4. The van der Waals surface area contributed by atoms with E-state index in [-0.39, 0.29) is 23.8 Å². The van der Waals surface area contributed by atoms with E-state index in [4.69, 9.17) is 0 Å². The number of carbonyl (C=O) groups excluding carboxylic acids is 2. The quantitative estimate of drug-likeness (QED) is 0.0366. The molecule has 0 aliphatic carbocycles. The Kier molecular flexibility index (Phi) is 23.0. The van der Waals surface area contributed by atoms with Gasteiger partial charge in [0.05, 0.1) is 10.3 Å². The third kappa shape index (κ3) is 17.7. The molecule has 0 atom stereocenters. The van der Waals surface area contributed by atoms with Crippen molar-refractivity contribution in [2.24, 2.45) is 0 Å². The Hall–Kier alpha value is -2.47. The molecular weight excluding hydrogens is 504 g/mol. The smallest absolute Gasteiger partial charge is 0.255 e. The van der Waals surface area contributed by atoms with E-state index in [0.29, 0.717) is 6.54 Å². The highest BCUT2D eigenvalue weighted by Crippen LogP contribution is 2.33. The number of amides is 2. The predicted molar refractivity (Wildman–Crippen MR) is 171 cm³/mol. The number of carbonyl (C=O) groups is 2. The average molecular weight is 559 g/mol. The fourth-order valence-corrected chi connectivity index (χ4v) is 5.39. The van der Waals surface area contributed by atoms with Gasteiger partial charge in [0.15, 0.2) is 0 Å². The van der Waals surface area contributed by atoms with Crippen molar-refractivity contribution < 1.29 is 14.7 Å². The summed E-state index contributed by atoms with van der Waals surface area (Å²) in [5, 5.41) is 15.2. The number of aliphatic hydroxyl groups excluding tert-OH is 1. The van der Waals surface area contributed by atoms with Crippen molar-refractivity contribution in [2.45, 2.75) is 103 Å². The van der Waals surface area contributed by atoms with E-state index in [1.165, 1.54) is 44.3 Å². The van der Waals surface area contributed by atoms with Crippen molar-refractivity contribution >= 4 is 23.6 Å². The molecule has 5 nitrogen and oxygen atoms in total. The van der Waals surface area contributed by atoms with E-state index in [1.54, 1.807) is 11.8 Å². The first-order chi connectivity index (χ1) is 18.9. The number of allylic oxidation sites excluding steroid dienone is 8. The molecule has 0 saturated carbocycles. The molecule has 0 bridgehead atoms. The lowest BCUT2D eigenvalue weighted by atomic mass is 10.0. The lowest BCUT2D eigenvalue weighted by Gasteiger charge is -2.30. The first-order valence-corrected chi connectivity index (χ1v) is 15.7. The van der Waals surface area contributed by atoms with Crippen molar-refractivity contribution in [3.8, 4) is 0 Å². The second-order valence-electron chi connectivity index (χ2n) is 9.53. The van der Waals surface area contributed by atoms with Crippen molar-refractivity contribution in [3.05, 3.63) is 73.1 Å². The summed E-state index contributed by atoms with van der Waals surface area (Å²) in [7, 11) is 0. The molecule has 39 heavy (non-hydrogen) atoms. The van der Waals surface area contributed by atoms with Gasteiger partial charge >= 0.3 is 0 Å². The summed E-state index contributed by atoms with van der Waals surface area (Å²) in [6.45, 7) is 13.8. The molecule has 6 heteroatoms. The first-order valence-electron chi connectivity index (χ1n) is 14.7. The molecule has 0 fully saturated rings. The largest absolute Gasteiger partial charge is 0.508 e. The Morgan fingerprint density at radius 2 is 1.38 bits per heavy atom. The minimum Gasteiger partial charge on any atom is -0.508 e. The lowest BCUT2D eigenvalue weighted by Crippen LogP contribution is -2.46. The molecule has 0 saturated heterocycles. The van der Waals surface area contributed by atoms with Crippen LogP contribution < -0.4 is 10.6 Å². The molecule has 0 aliphatic heterocycles. The molecule has 3 N–H and O–H groups in total. The Morgan fingerprint density at radius 3 is 1.97 bits per heavy atom. The number of thioether (sulfide) groups is 1. The third-order valence-electron chi connectivity index (χ3n) is 6.52. The van der Waals surface area contributed by atoms with Gasteiger partial charge in [-0.3, -0.25) is 9.59 Å². The fraction of sp³-hybridized carbons (Fsp3) is 0.576. The molecule has 0 aliphatic rings. The molecule has 0 aromatic rings. The highest BCUT2D eigenvalue weighted by atomic mass is 32.2. The Bertz CT molecular complexity index is 823. The van der Waals surface area contributed by atoms with Gasteiger partial charge in [0.1, 0.15) is 5.76 Å². The second kappa shape index (κ2) is 24.6. The Labute approximate surface area is 243 Å². The maximum atomic E-state index is 13.0. The first kappa shape index (κ1) is 36.5. The van der Waals surface area contributed by atoms with E-state index < -0.39 is 10.7 Å². The normalized spacial score (nSPS) is 12.4. The van der Waals surface area contributed by atoms with Crippen LogP contribution in [-0.2, 0) is 9.59 Å². The molecule has 0 radical (unpaired) electrons. The highest BCUT2D eigenvalue weighted by Gasteiger charge is 2.34. The number of rotatable bonds is 24. The van der Waals surface area contributed by atoms with Crippen LogP contribution in [0, 0.1) is 0 Å². The van der Waals surface area contributed by atoms with Gasteiger partial charge in [-0.05, 0) is 63.2 Å². The molecule has 0 aromatic carbocycles. The molecular formula is C33H54N2O3S. The number of hydrogen-bond donors (Lipinski definition) is 3. The van der Waals surface area contributed by atoms with Gasteiger partial charge in [0, 0.05) is 13.1 Å². The van der Waals surface area contributed by atoms with Gasteiger partial charge < -0.3 is 15.7 Å². The van der Waals surface area contributed by atoms with Gasteiger partial charge in [-0.15, -0.1) is 11.8 Å². The standard InChI is InChI=1S/C33H54N2O3S/c1-6-10-11-12-13-14-15-16-17-18-19-20-21-22-23-24-28-39-33(8-3,9-4)32(38)35-27-26-34-31(37)30(25-7-2)29(5)36/h7,10-11,13-14,16-17,25,36H,2,5-6,8-9,12,15,18-24,26-28H2,1,3-4H3,(H,34,37)(H,35,38)/b11-10-,14-13-,17-16-,30-25+. The topological polar surface area (TPSA) is 78.4 Å². The molecule has 0 rings (SSSR count). The molecule has 0 heterocycles. The van der Waals surface area contributed by atoms with Gasteiger partial charge in [-0.25, -0.2) is 0 Å². The van der Waals surface area contributed by atoms with Crippen LogP contribution in [0.3, 0.4) is 0 Å². The zero-order valence-corrected chi connectivity index (χ0v) is 25.6. The number of aliphatic hydroxyl groups is 1. The zero-order valence-electron chi connectivity index (χ0n) is 24.8. The summed E-state index contributed by atoms with van der Waals surface area (Å²) in [5.41, 5.74) is 0.0647. The van der Waals surface area contributed by atoms with Crippen molar-refractivity contribution in [3.63, 3.8) is 0 Å². The molecule has 0 aromatic heterocycles. The van der Waals surface area contributed by atoms with Gasteiger partial charge in [0.2, 0.25) is 5.91 Å². The van der Waals surface area contributed by atoms with Gasteiger partial charge in [-0.1, -0.05) is 102 Å². The molecule has 0 unspecified atom stereocenters. The minimum absolute atomic E-state index is 0.0250. The number of unbranched alkanes of at least 4 members (excludes halogenated alkanes) is 6. The predicted octanol–water partition coefficient (Wildman–Crippen LogP) is 8.28. The Morgan fingerprint density at radius 1 is 0.821 bits per heavy atom. The van der Waals surface area contributed by atoms with Crippen LogP contribution in [0.4, 0.5) is 0 Å². The van der Waals surface area contributed by atoms with E-state index >= 15 is 0 Å². The summed E-state index contributed by atoms with van der Waals surface area (Å²) in [6.07, 6.45) is 29.5. The molecule has 220 valence electrons. The summed E-state index contributed by atoms with van der Waals surface area (Å²) in [4.78, 5) is 25.1. The van der Waals surface area contributed by atoms with Crippen LogP contribution in [0.15, 0.2) is 73.1 Å². The Balaban J connectivity index is 4.09. The van der Waals surface area contributed by atoms with E-state index in [0.717, 1.165) is 50.7 Å². The van der Waals surface area contributed by atoms with Crippen LogP contribution in [0.25, 0.3) is 0 Å². The zero-order chi connectivity index (χ0) is 29.2. The van der Waals surface area contributed by atoms with Crippen LogP contribution >= 0.6 is 11.8 Å². The molecule has 0 spiro atoms. The van der Waals surface area contributed by atoms with Crippen molar-refractivity contribution in [1.82, 2.24) is 10.6 Å². The van der Waals surface area contributed by atoms with Crippen molar-refractivity contribution in [2.75, 3.05) is 18.8 Å². The number of nitrogens with one attached hydrogen (secondary N) is 2. The minimum atomic E-state index is -0.446. The molecule has 2 amide bonds. The second-order valence-corrected chi connectivity index (χ2v) is 11.0. The van der Waals surface area contributed by atoms with Gasteiger partial charge in [-0.2, -0.15) is 0 Å². The monoisotopic (exact) mass is 558 g/mol. The summed E-state index contributed by atoms with van der Waals surface area (Å²) in [6, 6.07) is 0. The van der Waals surface area contributed by atoms with E-state index in [2.05, 4.69) is 81.0 Å². The maximum Gasteiger partial charge on any atom is 0.255 e. The summed E-state index contributed by atoms with van der Waals surface area (Å²) < 4.78 is -0.439. The van der Waals surface area contributed by atoms with E-state index in [9.17, 15) is 14.7 Å². The average Bonchev–Trinajstić information content (AvgIpc) is 2.93. The van der Waals surface area contributed by atoms with Gasteiger partial charge in [0.25, 0.3) is 5.91 Å². The van der Waals surface area contributed by atoms with Crippen LogP contribution in [-0.4, -0.2) is 40.5 Å². The highest BCUT2D eigenvalue weighted by molar-refractivity contribution is 8.01. The maximum absolute atomic E-state index is 13.0. The van der Waals surface area contributed by atoms with Crippen LogP contribution in [0.5, 0.6) is 0 Å². The van der Waals surface area contributed by atoms with Crippen LogP contribution in [0.2, 0.25) is 0 Å². The SMILES string of the molecule is C=C/C=C(\C(=C)O)C(=O)NCCNC(=O)C(CC)(CC)SCCCCCCCC/C=C\C/C=C\C/C=C\CC. The van der Waals surface area contributed by atoms with Crippen LogP contribution in [0.1, 0.15) is 97.8 Å². The fourth-order valence-electron chi connectivity index (χ4n) is 4.04. The third-order valence-corrected chi connectivity index (χ3v) is 8.32. The lowest BCUT2D eigenvalue weighted by molar-refractivity contribution is -0.124.